The molecule has 1 aliphatic rings. The summed E-state index contributed by atoms with van der Waals surface area (Å²) in [7, 11) is 1.90. The van der Waals surface area contributed by atoms with E-state index in [9.17, 15) is 23.2 Å². The van der Waals surface area contributed by atoms with Crippen LogP contribution in [0.4, 0.5) is 13.2 Å². The van der Waals surface area contributed by atoms with Gasteiger partial charge in [0.05, 0.1) is 28.7 Å². The van der Waals surface area contributed by atoms with Crippen LogP contribution in [0.1, 0.15) is 29.5 Å². The molecule has 0 fully saturated rings. The molecule has 0 spiro atoms. The number of nitrogens with one attached hydrogen (secondary N) is 1. The van der Waals surface area contributed by atoms with Gasteiger partial charge in [0.1, 0.15) is 6.61 Å². The third-order valence-electron chi connectivity index (χ3n) is 6.69. The standard InChI is InChI=1S/C32H30F3N3O2S/c1-22-26(19-36)29(25-15-9-10-16-27(25)32(33,34)35)30(28(37-22)21-41-24-13-7-4-8-14-24)31(39)40-18-17-38(2)20-23-11-5-3-6-12-23/h3-16,29,37H,17-18,20-21H2,1-2H3. The zero-order valence-electron chi connectivity index (χ0n) is 22.7. The molecule has 4 rings (SSSR count). The Morgan fingerprint density at radius 3 is 2.32 bits per heavy atom. The van der Waals surface area contributed by atoms with Crippen molar-refractivity contribution in [2.75, 3.05) is 26.0 Å². The first-order valence-electron chi connectivity index (χ1n) is 13.0. The molecule has 0 saturated heterocycles. The van der Waals surface area contributed by atoms with E-state index in [1.54, 1.807) is 6.92 Å². The van der Waals surface area contributed by atoms with Gasteiger partial charge in [0, 0.05) is 35.1 Å². The lowest BCUT2D eigenvalue weighted by Gasteiger charge is -2.31. The number of likely N-dealkylation sites (N-methyl/N-ethyl adjacent to an activating group) is 1. The van der Waals surface area contributed by atoms with Crippen molar-refractivity contribution in [1.82, 2.24) is 10.2 Å². The first-order valence-corrected chi connectivity index (χ1v) is 14.0. The second-order valence-electron chi connectivity index (χ2n) is 9.65. The maximum Gasteiger partial charge on any atom is 0.416 e. The molecule has 1 unspecified atom stereocenters. The lowest BCUT2D eigenvalue weighted by Crippen LogP contribution is -2.33. The first-order chi connectivity index (χ1) is 19.7. The molecule has 5 nitrogen and oxygen atoms in total. The molecule has 0 amide bonds. The van der Waals surface area contributed by atoms with Crippen molar-refractivity contribution in [3.05, 3.63) is 124 Å². The number of ether oxygens (including phenoxy) is 1. The molecule has 41 heavy (non-hydrogen) atoms. The highest BCUT2D eigenvalue weighted by Crippen LogP contribution is 2.44. The Morgan fingerprint density at radius 1 is 1.02 bits per heavy atom. The molecule has 3 aromatic rings. The molecule has 0 radical (unpaired) electrons. The number of rotatable bonds is 10. The molecule has 1 aliphatic heterocycles. The van der Waals surface area contributed by atoms with Crippen LogP contribution in [-0.2, 0) is 22.3 Å². The zero-order valence-corrected chi connectivity index (χ0v) is 23.6. The second kappa shape index (κ2) is 13.6. The number of nitrogens with zero attached hydrogens (tertiary/aromatic N) is 2. The Kier molecular flexibility index (Phi) is 9.92. The Bertz CT molecular complexity index is 1460. The van der Waals surface area contributed by atoms with Crippen molar-refractivity contribution < 1.29 is 22.7 Å². The van der Waals surface area contributed by atoms with Crippen LogP contribution in [-0.4, -0.2) is 36.8 Å². The van der Waals surface area contributed by atoms with E-state index in [-0.39, 0.29) is 29.1 Å². The van der Waals surface area contributed by atoms with Crippen LogP contribution in [0.25, 0.3) is 0 Å². The van der Waals surface area contributed by atoms with E-state index in [0.29, 0.717) is 24.5 Å². The normalized spacial score (nSPS) is 15.5. The van der Waals surface area contributed by atoms with Crippen LogP contribution in [0.15, 0.2) is 112 Å². The molecular weight excluding hydrogens is 547 g/mol. The van der Waals surface area contributed by atoms with E-state index >= 15 is 0 Å². The molecule has 0 aromatic heterocycles. The average molecular weight is 578 g/mol. The summed E-state index contributed by atoms with van der Waals surface area (Å²) in [6, 6.07) is 26.4. The first kappa shape index (κ1) is 30.0. The number of hydrogen-bond donors (Lipinski definition) is 1. The third-order valence-corrected chi connectivity index (χ3v) is 7.73. The highest BCUT2D eigenvalue weighted by Gasteiger charge is 2.41. The molecule has 212 valence electrons. The number of allylic oxidation sites excluding steroid dienone is 2. The summed E-state index contributed by atoms with van der Waals surface area (Å²) in [5.74, 6) is -1.72. The summed E-state index contributed by atoms with van der Waals surface area (Å²) in [5.41, 5.74) is 0.922. The SMILES string of the molecule is CC1=C(C#N)C(c2ccccc2C(F)(F)F)C(C(=O)OCCN(C)Cc2ccccc2)=C(CSc2ccccc2)N1. The summed E-state index contributed by atoms with van der Waals surface area (Å²) in [6.07, 6.45) is -4.68. The van der Waals surface area contributed by atoms with E-state index in [1.165, 1.54) is 30.0 Å². The number of carbonyl (C=O) groups is 1. The predicted octanol–water partition coefficient (Wildman–Crippen LogP) is 6.91. The lowest BCUT2D eigenvalue weighted by atomic mass is 9.79. The summed E-state index contributed by atoms with van der Waals surface area (Å²) in [4.78, 5) is 16.6. The number of carbonyl (C=O) groups excluding carboxylic acids is 1. The van der Waals surface area contributed by atoms with Crippen LogP contribution in [0.5, 0.6) is 0 Å². The maximum atomic E-state index is 14.1. The van der Waals surface area contributed by atoms with Gasteiger partial charge in [0.25, 0.3) is 0 Å². The van der Waals surface area contributed by atoms with Crippen LogP contribution in [0.2, 0.25) is 0 Å². The minimum atomic E-state index is -4.68. The van der Waals surface area contributed by atoms with Crippen LogP contribution >= 0.6 is 11.8 Å². The quantitative estimate of drug-likeness (QED) is 0.209. The number of thioether (sulfide) groups is 1. The minimum Gasteiger partial charge on any atom is -0.461 e. The largest absolute Gasteiger partial charge is 0.461 e. The van der Waals surface area contributed by atoms with Gasteiger partial charge in [0.15, 0.2) is 0 Å². The van der Waals surface area contributed by atoms with Gasteiger partial charge in [-0.2, -0.15) is 18.4 Å². The summed E-state index contributed by atoms with van der Waals surface area (Å²) in [5, 5.41) is 13.2. The molecule has 0 bridgehead atoms. The Hall–Kier alpha value is -4.00. The fourth-order valence-corrected chi connectivity index (χ4v) is 5.62. The Balaban J connectivity index is 1.67. The van der Waals surface area contributed by atoms with Crippen molar-refractivity contribution in [2.24, 2.45) is 0 Å². The Labute approximate surface area is 242 Å². The Morgan fingerprint density at radius 2 is 1.66 bits per heavy atom. The van der Waals surface area contributed by atoms with E-state index in [1.807, 2.05) is 72.6 Å². The van der Waals surface area contributed by atoms with Gasteiger partial charge in [-0.1, -0.05) is 66.7 Å². The summed E-state index contributed by atoms with van der Waals surface area (Å²) >= 11 is 1.43. The van der Waals surface area contributed by atoms with Crippen molar-refractivity contribution in [3.8, 4) is 6.07 Å². The molecule has 1 heterocycles. The second-order valence-corrected chi connectivity index (χ2v) is 10.7. The minimum absolute atomic E-state index is 0.0120. The van der Waals surface area contributed by atoms with Crippen molar-refractivity contribution in [1.29, 1.82) is 5.26 Å². The van der Waals surface area contributed by atoms with E-state index in [4.69, 9.17) is 4.74 Å². The van der Waals surface area contributed by atoms with Crippen LogP contribution in [0, 0.1) is 11.3 Å². The van der Waals surface area contributed by atoms with E-state index in [2.05, 4.69) is 11.4 Å². The molecule has 1 N–H and O–H groups in total. The molecular formula is C32H30F3N3O2S. The monoisotopic (exact) mass is 577 g/mol. The molecule has 9 heteroatoms. The molecule has 0 aliphatic carbocycles. The fraction of sp³-hybridized carbons (Fsp3) is 0.250. The van der Waals surface area contributed by atoms with Crippen molar-refractivity contribution in [3.63, 3.8) is 0 Å². The topological polar surface area (TPSA) is 65.4 Å². The van der Waals surface area contributed by atoms with Gasteiger partial charge in [-0.15, -0.1) is 11.8 Å². The molecule has 1 atom stereocenters. The lowest BCUT2D eigenvalue weighted by molar-refractivity contribution is -0.141. The van der Waals surface area contributed by atoms with Gasteiger partial charge < -0.3 is 10.1 Å². The van der Waals surface area contributed by atoms with Gasteiger partial charge in [-0.05, 0) is 43.3 Å². The number of hydrogen-bond acceptors (Lipinski definition) is 6. The highest BCUT2D eigenvalue weighted by molar-refractivity contribution is 7.99. The number of halogens is 3. The van der Waals surface area contributed by atoms with E-state index in [0.717, 1.165) is 16.5 Å². The number of dihydropyridines is 1. The number of alkyl halides is 3. The van der Waals surface area contributed by atoms with E-state index < -0.39 is 23.6 Å². The maximum absolute atomic E-state index is 14.1. The fourth-order valence-electron chi connectivity index (χ4n) is 4.74. The highest BCUT2D eigenvalue weighted by atomic mass is 32.2. The van der Waals surface area contributed by atoms with Crippen molar-refractivity contribution >= 4 is 17.7 Å². The van der Waals surface area contributed by atoms with Gasteiger partial charge in [0.2, 0.25) is 0 Å². The number of esters is 1. The van der Waals surface area contributed by atoms with Gasteiger partial charge in [-0.25, -0.2) is 4.79 Å². The smallest absolute Gasteiger partial charge is 0.416 e. The molecule has 3 aromatic carbocycles. The van der Waals surface area contributed by atoms with Gasteiger partial charge >= 0.3 is 12.1 Å². The average Bonchev–Trinajstić information content (AvgIpc) is 2.96. The van der Waals surface area contributed by atoms with Crippen LogP contribution < -0.4 is 5.32 Å². The van der Waals surface area contributed by atoms with Gasteiger partial charge in [-0.3, -0.25) is 4.90 Å². The number of nitriles is 1. The summed E-state index contributed by atoms with van der Waals surface area (Å²) in [6.45, 7) is 2.72. The zero-order chi connectivity index (χ0) is 29.4. The molecule has 0 saturated carbocycles. The summed E-state index contributed by atoms with van der Waals surface area (Å²) < 4.78 is 48.1. The third kappa shape index (κ3) is 7.60. The predicted molar refractivity (Wildman–Crippen MR) is 154 cm³/mol. The number of benzene rings is 3. The van der Waals surface area contributed by atoms with Crippen molar-refractivity contribution in [2.45, 2.75) is 30.5 Å². The van der Waals surface area contributed by atoms with Crippen LogP contribution in [0.3, 0.4) is 0 Å².